The maximum absolute atomic E-state index is 10.2. The summed E-state index contributed by atoms with van der Waals surface area (Å²) < 4.78 is 0. The Labute approximate surface area is 125 Å². The number of carboxylic acid groups (broad SMARTS) is 1. The maximum Gasteiger partial charge on any atom is 1.00 e. The summed E-state index contributed by atoms with van der Waals surface area (Å²) in [6, 6.07) is 0. The Bertz CT molecular complexity index is 120. The zero-order chi connectivity index (χ0) is 8.69. The van der Waals surface area contributed by atoms with Crippen LogP contribution in [0.15, 0.2) is 0 Å². The zero-order valence-electron chi connectivity index (χ0n) is 7.81. The van der Waals surface area contributed by atoms with E-state index in [1.165, 1.54) is 12.8 Å². The fourth-order valence-corrected chi connectivity index (χ4v) is 1.19. The third-order valence-electron chi connectivity index (χ3n) is 1.57. The van der Waals surface area contributed by atoms with Crippen LogP contribution in [0.25, 0.3) is 0 Å². The molecular formula is C8H14BrKO2. The minimum atomic E-state index is -0.999. The monoisotopic (exact) mass is 260 g/mol. The van der Waals surface area contributed by atoms with Crippen molar-refractivity contribution in [1.29, 1.82) is 0 Å². The fourth-order valence-electron chi connectivity index (χ4n) is 0.868. The number of alkyl halides is 1. The van der Waals surface area contributed by atoms with Gasteiger partial charge in [-0.25, -0.2) is 0 Å². The van der Waals surface area contributed by atoms with E-state index in [1.54, 1.807) is 0 Å². The molecule has 0 radical (unpaired) electrons. The molecule has 0 aliphatic heterocycles. The molecule has 1 atom stereocenters. The number of carboxylic acids is 1. The average molecular weight is 261 g/mol. The van der Waals surface area contributed by atoms with Gasteiger partial charge >= 0.3 is 51.4 Å². The summed E-state index contributed by atoms with van der Waals surface area (Å²) in [5, 5.41) is 10.2. The molecule has 0 saturated heterocycles. The van der Waals surface area contributed by atoms with Crippen LogP contribution in [0.3, 0.4) is 0 Å². The molecule has 0 bridgehead atoms. The summed E-state index contributed by atoms with van der Waals surface area (Å²) in [5.74, 6) is -0.999. The maximum atomic E-state index is 10.2. The van der Waals surface area contributed by atoms with Crippen LogP contribution in [-0.2, 0) is 4.79 Å². The molecule has 0 N–H and O–H groups in total. The van der Waals surface area contributed by atoms with Crippen LogP contribution in [0.1, 0.15) is 39.0 Å². The minimum Gasteiger partial charge on any atom is -0.549 e. The van der Waals surface area contributed by atoms with Crippen molar-refractivity contribution < 1.29 is 61.3 Å². The molecule has 0 heterocycles. The van der Waals surface area contributed by atoms with Gasteiger partial charge in [0.15, 0.2) is 0 Å². The van der Waals surface area contributed by atoms with Crippen LogP contribution in [0.5, 0.6) is 0 Å². The van der Waals surface area contributed by atoms with E-state index in [2.05, 4.69) is 22.9 Å². The predicted octanol–water partition coefficient (Wildman–Crippen LogP) is -1.53. The normalized spacial score (nSPS) is 11.8. The quantitative estimate of drug-likeness (QED) is 0.331. The number of hydrogen-bond acceptors (Lipinski definition) is 2. The number of unbranched alkanes of at least 4 members (excludes halogenated alkanes) is 3. The third-order valence-corrected chi connectivity index (χ3v) is 2.40. The van der Waals surface area contributed by atoms with Gasteiger partial charge in [0.05, 0.1) is 10.8 Å². The van der Waals surface area contributed by atoms with Crippen molar-refractivity contribution in [3.05, 3.63) is 0 Å². The Hall–Kier alpha value is 1.59. The third kappa shape index (κ3) is 9.67. The molecule has 0 spiro atoms. The fraction of sp³-hybridized carbons (Fsp3) is 0.875. The van der Waals surface area contributed by atoms with Crippen LogP contribution in [0, 0.1) is 0 Å². The summed E-state index contributed by atoms with van der Waals surface area (Å²) in [4.78, 5) is 9.75. The molecule has 12 heavy (non-hydrogen) atoms. The van der Waals surface area contributed by atoms with Gasteiger partial charge in [-0.3, -0.25) is 0 Å². The Balaban J connectivity index is 0. The molecule has 1 unspecified atom stereocenters. The Morgan fingerprint density at radius 2 is 2.00 bits per heavy atom. The van der Waals surface area contributed by atoms with Crippen LogP contribution >= 0.6 is 15.9 Å². The first-order valence-electron chi connectivity index (χ1n) is 4.03. The molecule has 0 fully saturated rings. The smallest absolute Gasteiger partial charge is 0.549 e. The first-order chi connectivity index (χ1) is 5.18. The number of halogens is 1. The average Bonchev–Trinajstić information content (AvgIpc) is 1.97. The van der Waals surface area contributed by atoms with Gasteiger partial charge in [0.25, 0.3) is 0 Å². The van der Waals surface area contributed by atoms with Crippen molar-refractivity contribution in [2.75, 3.05) is 0 Å². The number of carbonyl (C=O) groups is 1. The van der Waals surface area contributed by atoms with E-state index in [-0.39, 0.29) is 51.4 Å². The van der Waals surface area contributed by atoms with Gasteiger partial charge in [-0.2, -0.15) is 0 Å². The molecule has 0 rings (SSSR count). The van der Waals surface area contributed by atoms with Crippen molar-refractivity contribution in [1.82, 2.24) is 0 Å². The van der Waals surface area contributed by atoms with Crippen molar-refractivity contribution >= 4 is 21.9 Å². The van der Waals surface area contributed by atoms with E-state index >= 15 is 0 Å². The zero-order valence-corrected chi connectivity index (χ0v) is 12.5. The number of aliphatic carboxylic acids is 1. The molecule has 0 amide bonds. The standard InChI is InChI=1S/C8H15BrO2.K/c1-2-3-4-5-6-7(9)8(10)11;/h7H,2-6H2,1H3,(H,10,11);/q;+1/p-1. The Kier molecular flexibility index (Phi) is 14.3. The minimum absolute atomic E-state index is 0. The van der Waals surface area contributed by atoms with E-state index < -0.39 is 10.8 Å². The van der Waals surface area contributed by atoms with Gasteiger partial charge < -0.3 is 9.90 Å². The first-order valence-corrected chi connectivity index (χ1v) is 4.95. The Morgan fingerprint density at radius 1 is 1.42 bits per heavy atom. The molecule has 0 aromatic carbocycles. The molecule has 2 nitrogen and oxygen atoms in total. The summed E-state index contributed by atoms with van der Waals surface area (Å²) >= 11 is 3.03. The van der Waals surface area contributed by atoms with Crippen molar-refractivity contribution in [3.8, 4) is 0 Å². The summed E-state index contributed by atoms with van der Waals surface area (Å²) in [5.41, 5.74) is 0. The van der Waals surface area contributed by atoms with Gasteiger partial charge in [0.1, 0.15) is 0 Å². The molecule has 0 saturated carbocycles. The summed E-state index contributed by atoms with van der Waals surface area (Å²) in [6.45, 7) is 2.13. The second kappa shape index (κ2) is 10.7. The van der Waals surface area contributed by atoms with Crippen LogP contribution in [-0.4, -0.2) is 10.8 Å². The van der Waals surface area contributed by atoms with Crippen molar-refractivity contribution in [2.24, 2.45) is 0 Å². The predicted molar refractivity (Wildman–Crippen MR) is 46.5 cm³/mol. The van der Waals surface area contributed by atoms with Gasteiger partial charge in [0, 0.05) is 0 Å². The topological polar surface area (TPSA) is 40.1 Å². The van der Waals surface area contributed by atoms with Gasteiger partial charge in [-0.05, 0) is 6.42 Å². The van der Waals surface area contributed by atoms with Crippen molar-refractivity contribution in [2.45, 2.75) is 43.9 Å². The van der Waals surface area contributed by atoms with Crippen LogP contribution < -0.4 is 56.5 Å². The van der Waals surface area contributed by atoms with Gasteiger partial charge in [-0.15, -0.1) is 0 Å². The van der Waals surface area contributed by atoms with E-state index in [4.69, 9.17) is 0 Å². The number of rotatable bonds is 6. The SMILES string of the molecule is CCCCCCC(Br)C(=O)[O-].[K+]. The summed E-state index contributed by atoms with van der Waals surface area (Å²) in [7, 11) is 0. The molecular weight excluding hydrogens is 247 g/mol. The Morgan fingerprint density at radius 3 is 2.42 bits per heavy atom. The van der Waals surface area contributed by atoms with Crippen LogP contribution in [0.2, 0.25) is 0 Å². The van der Waals surface area contributed by atoms with Crippen molar-refractivity contribution in [3.63, 3.8) is 0 Å². The summed E-state index contributed by atoms with van der Waals surface area (Å²) in [6.07, 6.45) is 5.14. The first kappa shape index (κ1) is 16.0. The van der Waals surface area contributed by atoms with E-state index in [1.807, 2.05) is 0 Å². The molecule has 66 valence electrons. The molecule has 0 aliphatic rings. The largest absolute Gasteiger partial charge is 1.00 e. The molecule has 0 aliphatic carbocycles. The molecule has 0 aromatic heterocycles. The van der Waals surface area contributed by atoms with Gasteiger partial charge in [-0.1, -0.05) is 48.5 Å². The van der Waals surface area contributed by atoms with E-state index in [0.29, 0.717) is 6.42 Å². The second-order valence-corrected chi connectivity index (χ2v) is 3.74. The van der Waals surface area contributed by atoms with E-state index in [0.717, 1.165) is 12.8 Å². The van der Waals surface area contributed by atoms with Gasteiger partial charge in [0.2, 0.25) is 0 Å². The molecule has 0 aromatic rings. The van der Waals surface area contributed by atoms with E-state index in [9.17, 15) is 9.90 Å². The number of carbonyl (C=O) groups excluding carboxylic acids is 1. The van der Waals surface area contributed by atoms with Crippen LogP contribution in [0.4, 0.5) is 0 Å². The number of hydrogen-bond donors (Lipinski definition) is 0. The molecule has 4 heteroatoms. The second-order valence-electron chi connectivity index (χ2n) is 2.64.